The van der Waals surface area contributed by atoms with Gasteiger partial charge in [0.1, 0.15) is 0 Å². The Balaban J connectivity index is 1.75. The first-order chi connectivity index (χ1) is 15.5. The number of nitrogens with zero attached hydrogens (tertiary/aromatic N) is 1. The number of anilines is 1. The zero-order valence-electron chi connectivity index (χ0n) is 18.3. The molecule has 2 aliphatic heterocycles. The zero-order chi connectivity index (χ0) is 22.9. The average molecular weight is 596 g/mol. The normalized spacial score (nSPS) is 20.7. The van der Waals surface area contributed by atoms with Crippen molar-refractivity contribution in [3.05, 3.63) is 40.8 Å². The second kappa shape index (κ2) is 13.0. The number of allylic oxidation sites excluding steroid dienone is 2. The Hall–Kier alpha value is -1.07. The number of nitrogens with one attached hydrogen (secondary N) is 3. The van der Waals surface area contributed by atoms with E-state index in [0.29, 0.717) is 16.8 Å². The number of hydrogen-bond acceptors (Lipinski definition) is 6. The number of aromatic nitrogens is 1. The molecular weight excluding hydrogens is 564 g/mol. The number of hydrogen-bond donors (Lipinski definition) is 4. The summed E-state index contributed by atoms with van der Waals surface area (Å²) in [5.41, 5.74) is 8.21. The SMILES string of the molecule is CC(Cl)/C(=C\C(=C/N)NCC1CCOCC1)c1cc(NC(=O)I2CCCNC2)ncc1Cl. The number of nitrogens with two attached hydrogens (primary N) is 1. The van der Waals surface area contributed by atoms with Gasteiger partial charge < -0.3 is 4.74 Å². The van der Waals surface area contributed by atoms with Gasteiger partial charge >= 0.3 is 190 Å². The fourth-order valence-electron chi connectivity index (χ4n) is 3.59. The topological polar surface area (TPSA) is 101 Å². The summed E-state index contributed by atoms with van der Waals surface area (Å²) < 4.78 is 7.41. The van der Waals surface area contributed by atoms with Crippen LogP contribution < -0.4 is 21.7 Å². The van der Waals surface area contributed by atoms with Crippen molar-refractivity contribution < 1.29 is 9.53 Å². The second-order valence-corrected chi connectivity index (χ2v) is 14.3. The Labute approximate surface area is 207 Å². The molecule has 10 heteroatoms. The summed E-state index contributed by atoms with van der Waals surface area (Å²) in [6.45, 7) is 5.30. The summed E-state index contributed by atoms with van der Waals surface area (Å²) in [5.74, 6) is 1.04. The Bertz CT molecular complexity index is 838. The number of carbonyl (C=O) groups excluding carboxylic acids is 1. The molecule has 1 unspecified atom stereocenters. The summed E-state index contributed by atoms with van der Waals surface area (Å²) in [4.78, 5) is 17.0. The molecule has 1 aromatic rings. The van der Waals surface area contributed by atoms with Crippen LogP contribution in [0, 0.1) is 5.92 Å². The van der Waals surface area contributed by atoms with Crippen molar-refractivity contribution in [3.8, 4) is 0 Å². The third-order valence-corrected chi connectivity index (χ3v) is 11.2. The Kier molecular flexibility index (Phi) is 10.4. The molecule has 1 atom stereocenters. The Morgan fingerprint density at radius 2 is 2.25 bits per heavy atom. The number of rotatable bonds is 8. The molecule has 0 bridgehead atoms. The van der Waals surface area contributed by atoms with Gasteiger partial charge in [-0.05, 0) is 0 Å². The maximum absolute atomic E-state index is 12.7. The van der Waals surface area contributed by atoms with Crippen LogP contribution in [0.1, 0.15) is 31.7 Å². The average Bonchev–Trinajstić information content (AvgIpc) is 2.82. The van der Waals surface area contributed by atoms with Gasteiger partial charge in [0, 0.05) is 13.2 Å². The van der Waals surface area contributed by atoms with Gasteiger partial charge in [-0.15, -0.1) is 0 Å². The fourth-order valence-corrected chi connectivity index (χ4v) is 8.19. The Morgan fingerprint density at radius 3 is 2.91 bits per heavy atom. The van der Waals surface area contributed by atoms with Crippen molar-refractivity contribution in [2.24, 2.45) is 11.7 Å². The van der Waals surface area contributed by atoms with Crippen LogP contribution >= 0.6 is 43.0 Å². The van der Waals surface area contributed by atoms with Gasteiger partial charge in [-0.1, -0.05) is 0 Å². The number of ether oxygens (including phenoxy) is 1. The molecule has 2 aliphatic rings. The molecule has 0 saturated carbocycles. The van der Waals surface area contributed by atoms with Crippen molar-refractivity contribution in [1.29, 1.82) is 0 Å². The number of alkyl halides is 3. The van der Waals surface area contributed by atoms with Crippen LogP contribution in [0.4, 0.5) is 10.6 Å². The van der Waals surface area contributed by atoms with E-state index in [0.717, 1.165) is 71.4 Å². The summed E-state index contributed by atoms with van der Waals surface area (Å²) in [7, 11) is 0. The molecule has 0 spiro atoms. The molecule has 0 radical (unpaired) electrons. The predicted molar refractivity (Wildman–Crippen MR) is 142 cm³/mol. The Morgan fingerprint density at radius 1 is 1.47 bits per heavy atom. The molecule has 178 valence electrons. The molecule has 2 fully saturated rings. The molecule has 3 rings (SSSR count). The molecule has 3 heterocycles. The van der Waals surface area contributed by atoms with Crippen LogP contribution in [0.2, 0.25) is 5.02 Å². The second-order valence-electron chi connectivity index (χ2n) is 7.85. The van der Waals surface area contributed by atoms with Gasteiger partial charge in [-0.2, -0.15) is 0 Å². The molecule has 2 saturated heterocycles. The third-order valence-electron chi connectivity index (χ3n) is 5.46. The minimum absolute atomic E-state index is 0.118. The number of pyridine rings is 1. The van der Waals surface area contributed by atoms with E-state index in [1.165, 1.54) is 0 Å². The van der Waals surface area contributed by atoms with Gasteiger partial charge in [0.25, 0.3) is 0 Å². The van der Waals surface area contributed by atoms with E-state index in [1.54, 1.807) is 18.5 Å². The zero-order valence-corrected chi connectivity index (χ0v) is 22.0. The minimum atomic E-state index is -1.72. The number of carbonyl (C=O) groups is 1. The third kappa shape index (κ3) is 7.48. The molecule has 5 N–H and O–H groups in total. The number of halogens is 3. The monoisotopic (exact) mass is 595 g/mol. The quantitative estimate of drug-likeness (QED) is 0.116. The first-order valence-corrected chi connectivity index (χ1v) is 15.8. The van der Waals surface area contributed by atoms with Crippen molar-refractivity contribution >= 4 is 58.3 Å². The number of amides is 1. The molecule has 1 aromatic heterocycles. The molecule has 7 nitrogen and oxygen atoms in total. The summed E-state index contributed by atoms with van der Waals surface area (Å²) in [6, 6.07) is 1.80. The van der Waals surface area contributed by atoms with E-state index in [4.69, 9.17) is 33.7 Å². The predicted octanol–water partition coefficient (Wildman–Crippen LogP) is 4.55. The first kappa shape index (κ1) is 25.6. The summed E-state index contributed by atoms with van der Waals surface area (Å²) in [5, 5.41) is 9.89. The summed E-state index contributed by atoms with van der Waals surface area (Å²) in [6.07, 6.45) is 8.15. The van der Waals surface area contributed by atoms with Crippen molar-refractivity contribution in [3.63, 3.8) is 0 Å². The van der Waals surface area contributed by atoms with E-state index in [1.807, 2.05) is 13.0 Å². The standard InChI is InChI=1S/C22H32Cl2IN5O2/c1-15(23)18(9-17(11-26)28-12-16-3-7-32-8-4-16)19-10-21(29-13-20(19)24)30-22(31)25-5-2-6-27-14-25/h9-11,13,15-16,27-28H,2-8,12,14,26H2,1H3,(H,29,30,31)/b17-11+,18-9+. The molecule has 32 heavy (non-hydrogen) atoms. The molecule has 1 amide bonds. The van der Waals surface area contributed by atoms with Crippen LogP contribution in [0.25, 0.3) is 5.57 Å². The molecule has 0 aliphatic carbocycles. The first-order valence-electron chi connectivity index (χ1n) is 10.9. The fraction of sp³-hybridized carbons (Fsp3) is 0.545. The van der Waals surface area contributed by atoms with Gasteiger partial charge in [0.2, 0.25) is 0 Å². The van der Waals surface area contributed by atoms with Crippen molar-refractivity contribution in [1.82, 2.24) is 15.6 Å². The van der Waals surface area contributed by atoms with E-state index >= 15 is 0 Å². The van der Waals surface area contributed by atoms with Gasteiger partial charge in [-0.25, -0.2) is 0 Å². The van der Waals surface area contributed by atoms with Crippen LogP contribution in [-0.2, 0) is 4.74 Å². The van der Waals surface area contributed by atoms with E-state index < -0.39 is 19.8 Å². The van der Waals surface area contributed by atoms with E-state index in [2.05, 4.69) is 20.9 Å². The van der Waals surface area contributed by atoms with Gasteiger partial charge in [-0.3, -0.25) is 0 Å². The van der Waals surface area contributed by atoms with E-state index in [-0.39, 0.29) is 9.29 Å². The van der Waals surface area contributed by atoms with Crippen LogP contribution in [0.15, 0.2) is 30.2 Å². The van der Waals surface area contributed by atoms with Crippen LogP contribution in [0.5, 0.6) is 0 Å². The van der Waals surface area contributed by atoms with E-state index in [9.17, 15) is 4.79 Å². The molecular formula is C22H32Cl2IN5O2. The maximum atomic E-state index is 12.7. The molecule has 0 aromatic carbocycles. The van der Waals surface area contributed by atoms with Gasteiger partial charge in [0.05, 0.1) is 0 Å². The summed E-state index contributed by atoms with van der Waals surface area (Å²) >= 11 is 11.3. The van der Waals surface area contributed by atoms with Crippen LogP contribution in [0.3, 0.4) is 0 Å². The van der Waals surface area contributed by atoms with Crippen LogP contribution in [-0.4, -0.2) is 49.6 Å². The van der Waals surface area contributed by atoms with Crippen molar-refractivity contribution in [2.75, 3.05) is 40.6 Å². The van der Waals surface area contributed by atoms with Gasteiger partial charge in [0.15, 0.2) is 0 Å². The van der Waals surface area contributed by atoms with Crippen molar-refractivity contribution in [2.45, 2.75) is 31.6 Å².